The van der Waals surface area contributed by atoms with Gasteiger partial charge in [-0.3, -0.25) is 0 Å². The molecular formula is C10H12F5NS. The molecule has 0 unspecified atom stereocenters. The molecule has 1 aromatic rings. The van der Waals surface area contributed by atoms with Crippen LogP contribution >= 0.6 is 11.3 Å². The summed E-state index contributed by atoms with van der Waals surface area (Å²) in [6.45, 7) is 5.57. The number of hydrogen-bond donors (Lipinski definition) is 0. The molecule has 7 heteroatoms. The highest BCUT2D eigenvalue weighted by atomic mass is 32.1. The van der Waals surface area contributed by atoms with Crippen LogP contribution in [0, 0.1) is 5.41 Å². The number of rotatable bonds is 2. The van der Waals surface area contributed by atoms with Crippen LogP contribution in [0.25, 0.3) is 0 Å². The van der Waals surface area contributed by atoms with Crippen molar-refractivity contribution < 1.29 is 22.0 Å². The van der Waals surface area contributed by atoms with Gasteiger partial charge in [-0.1, -0.05) is 20.8 Å². The zero-order valence-electron chi connectivity index (χ0n) is 9.53. The molecule has 0 fully saturated rings. The summed E-state index contributed by atoms with van der Waals surface area (Å²) in [5, 5.41) is 1.06. The molecule has 0 N–H and O–H groups in total. The van der Waals surface area contributed by atoms with Gasteiger partial charge in [0.15, 0.2) is 0 Å². The van der Waals surface area contributed by atoms with Crippen LogP contribution in [0.3, 0.4) is 0 Å². The van der Waals surface area contributed by atoms with E-state index in [9.17, 15) is 22.0 Å². The summed E-state index contributed by atoms with van der Waals surface area (Å²) in [4.78, 5) is 3.38. The third-order valence-electron chi connectivity index (χ3n) is 1.91. The second kappa shape index (κ2) is 4.19. The lowest BCUT2D eigenvalue weighted by molar-refractivity contribution is -0.290. The van der Waals surface area contributed by atoms with Gasteiger partial charge in [-0.05, 0) is 5.41 Å². The third-order valence-corrected chi connectivity index (χ3v) is 2.76. The average Bonchev–Trinajstić information content (AvgIpc) is 2.47. The summed E-state index contributed by atoms with van der Waals surface area (Å²) in [6.07, 6.45) is -5.23. The van der Waals surface area contributed by atoms with E-state index in [0.717, 1.165) is 16.7 Å². The first kappa shape index (κ1) is 14.3. The Morgan fingerprint density at radius 2 is 1.65 bits per heavy atom. The molecular weight excluding hydrogens is 261 g/mol. The highest BCUT2D eigenvalue weighted by Crippen LogP contribution is 2.44. The largest absolute Gasteiger partial charge is 0.459 e. The lowest BCUT2D eigenvalue weighted by atomic mass is 9.93. The summed E-state index contributed by atoms with van der Waals surface area (Å²) in [6, 6.07) is 0. The molecule has 1 rings (SSSR count). The first-order valence-corrected chi connectivity index (χ1v) is 5.71. The molecule has 0 saturated heterocycles. The molecule has 0 radical (unpaired) electrons. The molecule has 0 aliphatic heterocycles. The standard InChI is InChI=1S/C10H12F5NS/c1-8(2,3)4-7-16-6(5-17-7)9(11,12)10(13,14)15/h5H,4H2,1-3H3. The topological polar surface area (TPSA) is 12.9 Å². The average molecular weight is 273 g/mol. The van der Waals surface area contributed by atoms with Crippen LogP contribution in [0.15, 0.2) is 5.38 Å². The third kappa shape index (κ3) is 3.37. The minimum absolute atomic E-state index is 0.206. The van der Waals surface area contributed by atoms with Crippen molar-refractivity contribution in [3.8, 4) is 0 Å². The van der Waals surface area contributed by atoms with E-state index in [4.69, 9.17) is 0 Å². The first-order chi connectivity index (χ1) is 7.43. The quantitative estimate of drug-likeness (QED) is 0.728. The van der Waals surface area contributed by atoms with E-state index in [1.54, 1.807) is 0 Å². The van der Waals surface area contributed by atoms with E-state index < -0.39 is 17.8 Å². The maximum absolute atomic E-state index is 12.9. The zero-order chi connectivity index (χ0) is 13.5. The normalized spacial score (nSPS) is 14.1. The maximum Gasteiger partial charge on any atom is 0.459 e. The summed E-state index contributed by atoms with van der Waals surface area (Å²) >= 11 is 0.828. The van der Waals surface area contributed by atoms with Crippen LogP contribution < -0.4 is 0 Å². The van der Waals surface area contributed by atoms with E-state index in [2.05, 4.69) is 4.98 Å². The van der Waals surface area contributed by atoms with Gasteiger partial charge in [0.25, 0.3) is 0 Å². The second-order valence-electron chi connectivity index (χ2n) is 4.94. The van der Waals surface area contributed by atoms with E-state index in [0.29, 0.717) is 6.42 Å². The van der Waals surface area contributed by atoms with E-state index in [1.165, 1.54) is 0 Å². The molecule has 0 bridgehead atoms. The van der Waals surface area contributed by atoms with Crippen molar-refractivity contribution in [3.05, 3.63) is 16.1 Å². The van der Waals surface area contributed by atoms with Crippen LogP contribution in [-0.2, 0) is 12.3 Å². The molecule has 1 aromatic heterocycles. The highest BCUT2D eigenvalue weighted by Gasteiger charge is 2.60. The van der Waals surface area contributed by atoms with Crippen molar-refractivity contribution in [1.29, 1.82) is 0 Å². The smallest absolute Gasteiger partial charge is 0.240 e. The summed E-state index contributed by atoms with van der Waals surface area (Å²) in [5.74, 6) is -4.88. The van der Waals surface area contributed by atoms with Gasteiger partial charge in [-0.15, -0.1) is 11.3 Å². The van der Waals surface area contributed by atoms with Gasteiger partial charge in [-0.2, -0.15) is 22.0 Å². The summed E-state index contributed by atoms with van der Waals surface area (Å²) in [7, 11) is 0. The fraction of sp³-hybridized carbons (Fsp3) is 0.700. The Bertz CT molecular complexity index is 388. The minimum Gasteiger partial charge on any atom is -0.240 e. The molecule has 0 amide bonds. The molecule has 0 aliphatic carbocycles. The number of hydrogen-bond acceptors (Lipinski definition) is 2. The monoisotopic (exact) mass is 273 g/mol. The predicted octanol–water partition coefficient (Wildman–Crippen LogP) is 4.39. The number of thiazole rings is 1. The Balaban J connectivity index is 2.96. The van der Waals surface area contributed by atoms with Crippen molar-refractivity contribution in [1.82, 2.24) is 4.98 Å². The minimum atomic E-state index is -5.60. The zero-order valence-corrected chi connectivity index (χ0v) is 10.3. The number of halogens is 5. The van der Waals surface area contributed by atoms with Gasteiger partial charge >= 0.3 is 12.1 Å². The van der Waals surface area contributed by atoms with Gasteiger partial charge in [-0.25, -0.2) is 4.98 Å². The molecule has 0 saturated carbocycles. The second-order valence-corrected chi connectivity index (χ2v) is 5.88. The molecule has 0 atom stereocenters. The Morgan fingerprint density at radius 1 is 1.12 bits per heavy atom. The van der Waals surface area contributed by atoms with Crippen molar-refractivity contribution in [2.24, 2.45) is 5.41 Å². The fourth-order valence-electron chi connectivity index (χ4n) is 1.14. The molecule has 98 valence electrons. The summed E-state index contributed by atoms with van der Waals surface area (Å²) < 4.78 is 62.1. The summed E-state index contributed by atoms with van der Waals surface area (Å²) in [5.41, 5.74) is -1.42. The van der Waals surface area contributed by atoms with E-state index in [1.807, 2.05) is 20.8 Å². The van der Waals surface area contributed by atoms with Crippen LogP contribution in [0.5, 0.6) is 0 Å². The number of nitrogens with zero attached hydrogens (tertiary/aromatic N) is 1. The molecule has 17 heavy (non-hydrogen) atoms. The lowest BCUT2D eigenvalue weighted by Gasteiger charge is -2.17. The molecule has 0 aromatic carbocycles. The molecule has 0 aliphatic rings. The van der Waals surface area contributed by atoms with Crippen molar-refractivity contribution >= 4 is 11.3 Å². The van der Waals surface area contributed by atoms with Crippen molar-refractivity contribution in [2.75, 3.05) is 0 Å². The SMILES string of the molecule is CC(C)(C)Cc1nc(C(F)(F)C(F)(F)F)cs1. The first-order valence-electron chi connectivity index (χ1n) is 4.83. The lowest BCUT2D eigenvalue weighted by Crippen LogP contribution is -2.34. The molecule has 1 heterocycles. The van der Waals surface area contributed by atoms with Crippen LogP contribution in [-0.4, -0.2) is 11.2 Å². The molecule has 0 spiro atoms. The Kier molecular flexibility index (Phi) is 3.53. The number of alkyl halides is 5. The van der Waals surface area contributed by atoms with E-state index in [-0.39, 0.29) is 10.4 Å². The van der Waals surface area contributed by atoms with Gasteiger partial charge < -0.3 is 0 Å². The Labute approximate surface area is 99.7 Å². The molecule has 1 nitrogen and oxygen atoms in total. The van der Waals surface area contributed by atoms with Crippen molar-refractivity contribution in [3.63, 3.8) is 0 Å². The maximum atomic E-state index is 12.9. The van der Waals surface area contributed by atoms with Gasteiger partial charge in [0.2, 0.25) is 0 Å². The number of aromatic nitrogens is 1. The highest BCUT2D eigenvalue weighted by molar-refractivity contribution is 7.09. The predicted molar refractivity (Wildman–Crippen MR) is 55.2 cm³/mol. The Morgan fingerprint density at radius 3 is 2.06 bits per heavy atom. The van der Waals surface area contributed by atoms with Crippen LogP contribution in [0.4, 0.5) is 22.0 Å². The van der Waals surface area contributed by atoms with Crippen LogP contribution in [0.1, 0.15) is 31.5 Å². The van der Waals surface area contributed by atoms with Crippen LogP contribution in [0.2, 0.25) is 0 Å². The van der Waals surface area contributed by atoms with Crippen molar-refractivity contribution in [2.45, 2.75) is 39.3 Å². The van der Waals surface area contributed by atoms with Gasteiger partial charge in [0, 0.05) is 11.8 Å². The van der Waals surface area contributed by atoms with Gasteiger partial charge in [0.1, 0.15) is 5.69 Å². The Hall–Kier alpha value is -0.720. The fourth-order valence-corrected chi connectivity index (χ4v) is 2.25. The van der Waals surface area contributed by atoms with Gasteiger partial charge in [0.05, 0.1) is 5.01 Å². The van der Waals surface area contributed by atoms with E-state index >= 15 is 0 Å².